The third-order valence-corrected chi connectivity index (χ3v) is 1.83. The smallest absolute Gasteiger partial charge is 0.437 e. The van der Waals surface area contributed by atoms with E-state index in [9.17, 15) is 14.3 Å². The number of anilines is 1. The van der Waals surface area contributed by atoms with E-state index in [0.29, 0.717) is 11.3 Å². The number of hydrogen-bond acceptors (Lipinski definition) is 3. The Hall–Kier alpha value is -1.45. The molecule has 0 aliphatic rings. The highest BCUT2D eigenvalue weighted by atomic mass is 31.1. The molecule has 0 radical (unpaired) electrons. The SMILES string of the molecule is NC(=O)c1ccc(N[P+](=O)[O-])cc1. The summed E-state index contributed by atoms with van der Waals surface area (Å²) in [6, 6.07) is 5.82. The lowest BCUT2D eigenvalue weighted by Gasteiger charge is -1.97. The van der Waals surface area contributed by atoms with E-state index in [4.69, 9.17) is 5.73 Å². The highest BCUT2D eigenvalue weighted by molar-refractivity contribution is 7.38. The fourth-order valence-electron chi connectivity index (χ4n) is 0.814. The third kappa shape index (κ3) is 2.82. The van der Waals surface area contributed by atoms with Gasteiger partial charge in [-0.3, -0.25) is 4.79 Å². The summed E-state index contributed by atoms with van der Waals surface area (Å²) in [6.45, 7) is 0. The van der Waals surface area contributed by atoms with Gasteiger partial charge in [-0.25, -0.2) is 0 Å². The minimum Gasteiger partial charge on any atom is -0.573 e. The number of hydrogen-bond donors (Lipinski definition) is 2. The molecule has 5 nitrogen and oxygen atoms in total. The Balaban J connectivity index is 2.81. The van der Waals surface area contributed by atoms with Gasteiger partial charge >= 0.3 is 8.18 Å². The average molecular weight is 198 g/mol. The Morgan fingerprint density at radius 1 is 1.38 bits per heavy atom. The lowest BCUT2D eigenvalue weighted by molar-refractivity contribution is -0.162. The lowest BCUT2D eigenvalue weighted by atomic mass is 10.2. The van der Waals surface area contributed by atoms with Crippen molar-refractivity contribution in [2.24, 2.45) is 5.73 Å². The topological polar surface area (TPSA) is 95.2 Å². The van der Waals surface area contributed by atoms with Crippen molar-refractivity contribution in [1.82, 2.24) is 0 Å². The molecule has 0 heterocycles. The Bertz CT molecular complexity index is 336. The number of nitrogens with two attached hydrogens (primary N) is 1. The number of rotatable bonds is 3. The van der Waals surface area contributed by atoms with Gasteiger partial charge in [0.15, 0.2) is 0 Å². The largest absolute Gasteiger partial charge is 0.573 e. The van der Waals surface area contributed by atoms with E-state index in [-0.39, 0.29) is 0 Å². The van der Waals surface area contributed by atoms with Gasteiger partial charge in [0.1, 0.15) is 0 Å². The molecule has 0 fully saturated rings. The summed E-state index contributed by atoms with van der Waals surface area (Å²) >= 11 is 0. The summed E-state index contributed by atoms with van der Waals surface area (Å²) in [6.07, 6.45) is 0. The molecule has 3 N–H and O–H groups in total. The first-order chi connectivity index (χ1) is 6.09. The van der Waals surface area contributed by atoms with E-state index in [1.807, 2.05) is 0 Å². The second-order valence-corrected chi connectivity index (χ2v) is 3.05. The van der Waals surface area contributed by atoms with Crippen LogP contribution in [0.3, 0.4) is 0 Å². The summed E-state index contributed by atoms with van der Waals surface area (Å²) < 4.78 is 10.2. The number of carbonyl (C=O) groups excluding carboxylic acids is 1. The van der Waals surface area contributed by atoms with Crippen LogP contribution in [0.2, 0.25) is 0 Å². The first-order valence-corrected chi connectivity index (χ1v) is 4.58. The van der Waals surface area contributed by atoms with Gasteiger partial charge in [-0.2, -0.15) is 5.09 Å². The monoisotopic (exact) mass is 198 g/mol. The standard InChI is InChI=1S/C7H7N2O3P/c8-7(10)5-1-3-6(4-2-5)9-13(11)12/h1-4H,(H2,8,10)(H,9,11,12). The van der Waals surface area contributed by atoms with E-state index >= 15 is 0 Å². The molecular formula is C7H7N2O3P. The molecule has 0 saturated carbocycles. The van der Waals surface area contributed by atoms with Gasteiger partial charge in [0.05, 0.1) is 5.69 Å². The number of primary amides is 1. The second-order valence-electron chi connectivity index (χ2n) is 2.31. The fourth-order valence-corrected chi connectivity index (χ4v) is 1.17. The number of amides is 1. The van der Waals surface area contributed by atoms with Crippen LogP contribution in [0.15, 0.2) is 24.3 Å². The van der Waals surface area contributed by atoms with Gasteiger partial charge in [-0.1, -0.05) is 0 Å². The molecule has 1 unspecified atom stereocenters. The fraction of sp³-hybridized carbons (Fsp3) is 0. The molecule has 13 heavy (non-hydrogen) atoms. The molecule has 0 aromatic heterocycles. The zero-order valence-corrected chi connectivity index (χ0v) is 7.45. The first kappa shape index (κ1) is 9.64. The molecule has 1 aromatic carbocycles. The molecule has 68 valence electrons. The van der Waals surface area contributed by atoms with Crippen LogP contribution in [0.25, 0.3) is 0 Å². The summed E-state index contributed by atoms with van der Waals surface area (Å²) in [5, 5.41) is 2.17. The molecule has 1 aromatic rings. The van der Waals surface area contributed by atoms with Crippen molar-refractivity contribution in [2.45, 2.75) is 0 Å². The zero-order chi connectivity index (χ0) is 9.84. The maximum Gasteiger partial charge on any atom is 0.437 e. The summed E-state index contributed by atoms with van der Waals surface area (Å²) in [5.74, 6) is -0.543. The number of carbonyl (C=O) groups is 1. The van der Waals surface area contributed by atoms with Crippen LogP contribution in [0.1, 0.15) is 10.4 Å². The summed E-state index contributed by atoms with van der Waals surface area (Å²) in [4.78, 5) is 20.8. The van der Waals surface area contributed by atoms with E-state index < -0.39 is 14.1 Å². The van der Waals surface area contributed by atoms with Gasteiger partial charge in [0, 0.05) is 5.56 Å². The Labute approximate surface area is 75.5 Å². The molecule has 0 bridgehead atoms. The minimum atomic E-state index is -2.67. The van der Waals surface area contributed by atoms with Gasteiger partial charge in [-0.15, -0.1) is 0 Å². The van der Waals surface area contributed by atoms with Gasteiger partial charge < -0.3 is 10.6 Å². The molecule has 0 aliphatic carbocycles. The number of benzene rings is 1. The van der Waals surface area contributed by atoms with Crippen LogP contribution in [0.4, 0.5) is 5.69 Å². The molecule has 1 rings (SSSR count). The maximum absolute atomic E-state index is 10.6. The zero-order valence-electron chi connectivity index (χ0n) is 6.56. The predicted octanol–water partition coefficient (Wildman–Crippen LogP) is 0.215. The summed E-state index contributed by atoms with van der Waals surface area (Å²) in [7, 11) is -2.67. The van der Waals surface area contributed by atoms with Crippen LogP contribution < -0.4 is 15.7 Å². The predicted molar refractivity (Wildman–Crippen MR) is 46.2 cm³/mol. The van der Waals surface area contributed by atoms with Gasteiger partial charge in [-0.05, 0) is 28.8 Å². The first-order valence-electron chi connectivity index (χ1n) is 3.40. The number of nitrogens with one attached hydrogen (secondary N) is 1. The van der Waals surface area contributed by atoms with Crippen molar-refractivity contribution in [2.75, 3.05) is 5.09 Å². The minimum absolute atomic E-state index is 0.340. The molecular weight excluding hydrogens is 191 g/mol. The van der Waals surface area contributed by atoms with E-state index in [1.54, 1.807) is 0 Å². The quantitative estimate of drug-likeness (QED) is 0.679. The Morgan fingerprint density at radius 3 is 2.31 bits per heavy atom. The van der Waals surface area contributed by atoms with Gasteiger partial charge in [0.2, 0.25) is 5.91 Å². The van der Waals surface area contributed by atoms with Crippen molar-refractivity contribution >= 4 is 19.8 Å². The average Bonchev–Trinajstić information content (AvgIpc) is 2.04. The molecule has 0 saturated heterocycles. The second kappa shape index (κ2) is 3.98. The van der Waals surface area contributed by atoms with Crippen molar-refractivity contribution in [3.8, 4) is 0 Å². The highest BCUT2D eigenvalue weighted by Gasteiger charge is 2.02. The van der Waals surface area contributed by atoms with Crippen molar-refractivity contribution in [3.63, 3.8) is 0 Å². The third-order valence-electron chi connectivity index (χ3n) is 1.39. The van der Waals surface area contributed by atoms with Crippen LogP contribution in [0.5, 0.6) is 0 Å². The maximum atomic E-state index is 10.6. The molecule has 0 spiro atoms. The summed E-state index contributed by atoms with van der Waals surface area (Å²) in [5.41, 5.74) is 5.73. The van der Waals surface area contributed by atoms with Gasteiger partial charge in [0.25, 0.3) is 0 Å². The normalized spacial score (nSPS) is 10.7. The Kier molecular flexibility index (Phi) is 2.95. The van der Waals surface area contributed by atoms with E-state index in [1.165, 1.54) is 24.3 Å². The van der Waals surface area contributed by atoms with E-state index in [2.05, 4.69) is 5.09 Å². The molecule has 6 heteroatoms. The Morgan fingerprint density at radius 2 is 1.92 bits per heavy atom. The van der Waals surface area contributed by atoms with Crippen LogP contribution in [0, 0.1) is 0 Å². The molecule has 1 amide bonds. The van der Waals surface area contributed by atoms with E-state index in [0.717, 1.165) is 0 Å². The van der Waals surface area contributed by atoms with Crippen molar-refractivity contribution < 1.29 is 14.3 Å². The molecule has 1 atom stereocenters. The molecule has 0 aliphatic heterocycles. The van der Waals surface area contributed by atoms with Crippen LogP contribution in [-0.2, 0) is 4.57 Å². The van der Waals surface area contributed by atoms with Crippen LogP contribution in [-0.4, -0.2) is 5.91 Å². The highest BCUT2D eigenvalue weighted by Crippen LogP contribution is 2.16. The lowest BCUT2D eigenvalue weighted by Crippen LogP contribution is -2.10. The van der Waals surface area contributed by atoms with Crippen LogP contribution >= 0.6 is 8.18 Å². The van der Waals surface area contributed by atoms with Crippen molar-refractivity contribution in [1.29, 1.82) is 0 Å². The van der Waals surface area contributed by atoms with Crippen molar-refractivity contribution in [3.05, 3.63) is 29.8 Å².